The number of hydrogen-bond donors (Lipinski definition) is 0. The van der Waals surface area contributed by atoms with Crippen LogP contribution >= 0.6 is 0 Å². The lowest BCUT2D eigenvalue weighted by molar-refractivity contribution is 0.0626. The van der Waals surface area contributed by atoms with Crippen molar-refractivity contribution >= 4 is 0 Å². The summed E-state index contributed by atoms with van der Waals surface area (Å²) in [7, 11) is 0. The van der Waals surface area contributed by atoms with Gasteiger partial charge in [0.25, 0.3) is 0 Å². The van der Waals surface area contributed by atoms with Crippen LogP contribution in [0.4, 0.5) is 0 Å². The van der Waals surface area contributed by atoms with Gasteiger partial charge in [0, 0.05) is 0 Å². The van der Waals surface area contributed by atoms with Crippen LogP contribution in [0.5, 0.6) is 0 Å². The van der Waals surface area contributed by atoms with E-state index < -0.39 is 0 Å². The largest absolute Gasteiger partial charge is 0.371 e. The molecule has 1 fully saturated rings. The van der Waals surface area contributed by atoms with E-state index in [1.54, 1.807) is 0 Å². The van der Waals surface area contributed by atoms with Crippen LogP contribution in [0, 0.1) is 13.1 Å². The van der Waals surface area contributed by atoms with Crippen molar-refractivity contribution in [3.8, 4) is 0 Å². The molecule has 0 aromatic rings. The van der Waals surface area contributed by atoms with Gasteiger partial charge >= 0.3 is 0 Å². The van der Waals surface area contributed by atoms with E-state index in [1.807, 2.05) is 0 Å². The smallest absolute Gasteiger partial charge is 0.247 e. The second-order valence-electron chi connectivity index (χ2n) is 2.59. The normalized spacial score (nSPS) is 20.1. The molecule has 1 aliphatic heterocycles. The second kappa shape index (κ2) is 4.71. The maximum Gasteiger partial charge on any atom is 0.247 e. The molecule has 0 saturated carbocycles. The summed E-state index contributed by atoms with van der Waals surface area (Å²) in [5, 5.41) is 0. The molecule has 0 spiro atoms. The van der Waals surface area contributed by atoms with E-state index in [0.29, 0.717) is 6.61 Å². The molecule has 1 rings (SSSR count). The highest BCUT2D eigenvalue weighted by molar-refractivity contribution is 4.79. The van der Waals surface area contributed by atoms with Gasteiger partial charge in [0.15, 0.2) is 0 Å². The molecule has 0 aromatic heterocycles. The van der Waals surface area contributed by atoms with E-state index in [2.05, 4.69) is 9.69 Å². The number of rotatable bonds is 5. The molecule has 1 atom stereocenters. The van der Waals surface area contributed by atoms with Crippen molar-refractivity contribution in [1.82, 2.24) is 0 Å². The topological polar surface area (TPSA) is 30.5 Å². The zero-order chi connectivity index (χ0) is 8.81. The van der Waals surface area contributed by atoms with Crippen LogP contribution in [0.2, 0.25) is 0 Å². The van der Waals surface area contributed by atoms with Crippen LogP contribution in [-0.2, 0) is 9.47 Å². The predicted octanol–water partition coefficient (Wildman–Crippen LogP) is 0.609. The first kappa shape index (κ1) is 8.99. The second-order valence-corrected chi connectivity index (χ2v) is 2.59. The molecule has 0 bridgehead atoms. The Morgan fingerprint density at radius 2 is 2.00 bits per heavy atom. The van der Waals surface area contributed by atoms with Gasteiger partial charge in [-0.1, -0.05) is 0 Å². The Labute approximate surface area is 71.7 Å². The Hall–Kier alpha value is -1.10. The van der Waals surface area contributed by atoms with Gasteiger partial charge in [0.05, 0.1) is 13.2 Å². The summed E-state index contributed by atoms with van der Waals surface area (Å²) in [6, 6.07) is 0. The molecule has 0 radical (unpaired) electrons. The summed E-state index contributed by atoms with van der Waals surface area (Å²) in [4.78, 5) is 6.39. The van der Waals surface area contributed by atoms with Crippen LogP contribution in [0.3, 0.4) is 0 Å². The highest BCUT2D eigenvalue weighted by Crippen LogP contribution is 2.10. The van der Waals surface area contributed by atoms with Crippen LogP contribution < -0.4 is 0 Å². The molecule has 12 heavy (non-hydrogen) atoms. The van der Waals surface area contributed by atoms with Crippen molar-refractivity contribution in [3.05, 3.63) is 22.8 Å². The molecule has 0 amide bonds. The van der Waals surface area contributed by atoms with Gasteiger partial charge in [-0.25, -0.2) is 13.1 Å². The van der Waals surface area contributed by atoms with Crippen molar-refractivity contribution in [2.24, 2.45) is 0 Å². The minimum Gasteiger partial charge on any atom is -0.371 e. The van der Waals surface area contributed by atoms with Gasteiger partial charge < -0.3 is 19.2 Å². The maximum absolute atomic E-state index is 6.62. The fourth-order valence-electron chi connectivity index (χ4n) is 0.774. The quantitative estimate of drug-likeness (QED) is 0.442. The summed E-state index contributed by atoms with van der Waals surface area (Å²) in [5.41, 5.74) is 0. The molecule has 1 heterocycles. The highest BCUT2D eigenvalue weighted by atomic mass is 16.6. The van der Waals surface area contributed by atoms with E-state index in [4.69, 9.17) is 22.6 Å². The molecule has 0 N–H and O–H groups in total. The third-order valence-corrected chi connectivity index (χ3v) is 1.51. The Morgan fingerprint density at radius 3 is 2.42 bits per heavy atom. The third kappa shape index (κ3) is 3.34. The first-order chi connectivity index (χ1) is 5.86. The fraction of sp³-hybridized carbons (Fsp3) is 0.750. The van der Waals surface area contributed by atoms with Gasteiger partial charge in [-0.2, -0.15) is 0 Å². The Balaban J connectivity index is 2.13. The van der Waals surface area contributed by atoms with Gasteiger partial charge in [0.1, 0.15) is 6.10 Å². The summed E-state index contributed by atoms with van der Waals surface area (Å²) >= 11 is 0. The molecule has 1 unspecified atom stereocenters. The maximum atomic E-state index is 6.62. The number of hydrogen-bond acceptors (Lipinski definition) is 2. The molecule has 4 heteroatoms. The van der Waals surface area contributed by atoms with Gasteiger partial charge in [-0.3, -0.25) is 0 Å². The zero-order valence-electron chi connectivity index (χ0n) is 6.69. The summed E-state index contributed by atoms with van der Waals surface area (Å²) in [6.45, 7) is 15.1. The first-order valence-electron chi connectivity index (χ1n) is 3.76. The van der Waals surface area contributed by atoms with Crippen molar-refractivity contribution in [1.29, 1.82) is 0 Å². The minimum atomic E-state index is -0.232. The van der Waals surface area contributed by atoms with Crippen LogP contribution in [-0.4, -0.2) is 38.5 Å². The first-order valence-corrected chi connectivity index (χ1v) is 3.76. The summed E-state index contributed by atoms with van der Waals surface area (Å²) in [5.74, 6) is 0. The SMILES string of the molecule is [C-]#[N+]CC(C[N+]#[C-])OCC1CO1. The van der Waals surface area contributed by atoms with Crippen LogP contribution in [0.1, 0.15) is 0 Å². The Morgan fingerprint density at radius 1 is 1.42 bits per heavy atom. The Bertz CT molecular complexity index is 196. The number of nitrogens with zero attached hydrogens (tertiary/aromatic N) is 2. The summed E-state index contributed by atoms with van der Waals surface area (Å²) in [6.07, 6.45) is -0.0202. The third-order valence-electron chi connectivity index (χ3n) is 1.51. The molecule has 0 aliphatic carbocycles. The van der Waals surface area contributed by atoms with E-state index >= 15 is 0 Å². The number of epoxide rings is 1. The minimum absolute atomic E-state index is 0.212. The van der Waals surface area contributed by atoms with Crippen LogP contribution in [0.25, 0.3) is 9.69 Å². The lowest BCUT2D eigenvalue weighted by Gasteiger charge is -2.04. The van der Waals surface area contributed by atoms with E-state index in [0.717, 1.165) is 6.61 Å². The molecular weight excluding hydrogens is 156 g/mol. The van der Waals surface area contributed by atoms with Gasteiger partial charge in [0.2, 0.25) is 19.2 Å². The molecule has 1 aliphatic rings. The fourth-order valence-corrected chi connectivity index (χ4v) is 0.774. The monoisotopic (exact) mass is 166 g/mol. The lowest BCUT2D eigenvalue weighted by atomic mass is 10.3. The van der Waals surface area contributed by atoms with E-state index in [9.17, 15) is 0 Å². The summed E-state index contributed by atoms with van der Waals surface area (Å²) < 4.78 is 10.2. The van der Waals surface area contributed by atoms with Crippen molar-refractivity contribution in [2.45, 2.75) is 12.2 Å². The Kier molecular flexibility index (Phi) is 3.53. The van der Waals surface area contributed by atoms with E-state index in [-0.39, 0.29) is 25.3 Å². The molecule has 1 saturated heterocycles. The lowest BCUT2D eigenvalue weighted by Crippen LogP contribution is -2.21. The molecule has 64 valence electrons. The standard InChI is InChI=1S/C8H10N2O2/c1-9-3-7(4-10-2)11-5-8-6-12-8/h7-8H,3-6H2. The van der Waals surface area contributed by atoms with Gasteiger partial charge in [-0.15, -0.1) is 0 Å². The van der Waals surface area contributed by atoms with Crippen molar-refractivity contribution in [3.63, 3.8) is 0 Å². The average Bonchev–Trinajstić information content (AvgIpc) is 2.84. The van der Waals surface area contributed by atoms with Gasteiger partial charge in [-0.05, 0) is 0 Å². The van der Waals surface area contributed by atoms with Crippen molar-refractivity contribution in [2.75, 3.05) is 26.3 Å². The predicted molar refractivity (Wildman–Crippen MR) is 42.4 cm³/mol. The highest BCUT2D eigenvalue weighted by Gasteiger charge is 2.26. The van der Waals surface area contributed by atoms with Crippen LogP contribution in [0.15, 0.2) is 0 Å². The molecular formula is C8H10N2O2. The zero-order valence-corrected chi connectivity index (χ0v) is 6.69. The average molecular weight is 166 g/mol. The molecule has 4 nitrogen and oxygen atoms in total. The number of ether oxygens (including phenoxy) is 2. The van der Waals surface area contributed by atoms with Crippen molar-refractivity contribution < 1.29 is 9.47 Å². The molecule has 0 aromatic carbocycles. The van der Waals surface area contributed by atoms with E-state index in [1.165, 1.54) is 0 Å².